The fraction of sp³-hybridized carbons (Fsp3) is 0.222. The predicted molar refractivity (Wildman–Crippen MR) is 135 cm³/mol. The number of amides is 1. The first-order valence-corrected chi connectivity index (χ1v) is 11.2. The molecule has 7 nitrogen and oxygen atoms in total. The van der Waals surface area contributed by atoms with Crippen molar-refractivity contribution in [3.8, 4) is 16.9 Å². The molecule has 2 aromatic heterocycles. The molecule has 0 aliphatic rings. The van der Waals surface area contributed by atoms with E-state index < -0.39 is 0 Å². The molecule has 174 valence electrons. The van der Waals surface area contributed by atoms with Crippen molar-refractivity contribution in [2.45, 2.75) is 32.8 Å². The molecule has 0 radical (unpaired) electrons. The highest BCUT2D eigenvalue weighted by atomic mass is 16.5. The number of aryl methyl sites for hydroxylation is 1. The Morgan fingerprint density at radius 2 is 1.76 bits per heavy atom. The Kier molecular flexibility index (Phi) is 6.63. The Morgan fingerprint density at radius 3 is 2.50 bits per heavy atom. The highest BCUT2D eigenvalue weighted by molar-refractivity contribution is 6.04. The molecule has 0 aliphatic carbocycles. The number of nitrogens with one attached hydrogen (secondary N) is 1. The van der Waals surface area contributed by atoms with E-state index in [2.05, 4.69) is 29.2 Å². The standard InChI is InChI=1S/C27H29N5O2/c1-17(2)19-7-5-9-21(11-19)27(33)31-24-10-6-8-20(12-24)18(3)34-25-13-22(14-29-26(25)28)23-15-30-32(4)16-23/h5-18H,1-4H3,(H2,28,29)(H,31,33)/t18-/m1/s1. The number of nitrogens with zero attached hydrogens (tertiary/aromatic N) is 3. The van der Waals surface area contributed by atoms with Crippen molar-refractivity contribution in [1.29, 1.82) is 0 Å². The lowest BCUT2D eigenvalue weighted by Crippen LogP contribution is -2.13. The van der Waals surface area contributed by atoms with Crippen molar-refractivity contribution in [2.24, 2.45) is 7.05 Å². The molecular weight excluding hydrogens is 426 g/mol. The van der Waals surface area contributed by atoms with Crippen molar-refractivity contribution < 1.29 is 9.53 Å². The van der Waals surface area contributed by atoms with Gasteiger partial charge in [0.15, 0.2) is 11.6 Å². The average Bonchev–Trinajstić information content (AvgIpc) is 3.27. The zero-order valence-corrected chi connectivity index (χ0v) is 19.8. The molecule has 1 amide bonds. The van der Waals surface area contributed by atoms with E-state index in [1.54, 1.807) is 17.1 Å². The van der Waals surface area contributed by atoms with Crippen LogP contribution in [0.1, 0.15) is 54.3 Å². The summed E-state index contributed by atoms with van der Waals surface area (Å²) in [5, 5.41) is 7.19. The molecule has 7 heteroatoms. The zero-order valence-electron chi connectivity index (χ0n) is 19.8. The summed E-state index contributed by atoms with van der Waals surface area (Å²) < 4.78 is 7.89. The van der Waals surface area contributed by atoms with Crippen LogP contribution in [0.15, 0.2) is 73.2 Å². The minimum Gasteiger partial charge on any atom is -0.482 e. The third kappa shape index (κ3) is 5.26. The fourth-order valence-corrected chi connectivity index (χ4v) is 3.65. The van der Waals surface area contributed by atoms with E-state index in [-0.39, 0.29) is 12.0 Å². The maximum atomic E-state index is 12.8. The predicted octanol–water partition coefficient (Wildman–Crippen LogP) is 5.58. The molecule has 0 spiro atoms. The number of pyridine rings is 1. The van der Waals surface area contributed by atoms with Crippen LogP contribution in [0, 0.1) is 0 Å². The van der Waals surface area contributed by atoms with Crippen molar-refractivity contribution in [3.63, 3.8) is 0 Å². The molecule has 0 aliphatic heterocycles. The maximum Gasteiger partial charge on any atom is 0.255 e. The van der Waals surface area contributed by atoms with Crippen LogP contribution >= 0.6 is 0 Å². The van der Waals surface area contributed by atoms with Gasteiger partial charge in [-0.15, -0.1) is 0 Å². The van der Waals surface area contributed by atoms with E-state index in [0.29, 0.717) is 28.7 Å². The van der Waals surface area contributed by atoms with Crippen molar-refractivity contribution in [2.75, 3.05) is 11.1 Å². The van der Waals surface area contributed by atoms with Crippen LogP contribution in [-0.4, -0.2) is 20.7 Å². The highest BCUT2D eigenvalue weighted by Gasteiger charge is 2.14. The van der Waals surface area contributed by atoms with E-state index in [4.69, 9.17) is 10.5 Å². The van der Waals surface area contributed by atoms with E-state index in [1.807, 2.05) is 74.8 Å². The van der Waals surface area contributed by atoms with Crippen LogP contribution in [-0.2, 0) is 7.05 Å². The molecule has 0 bridgehead atoms. The Labute approximate surface area is 199 Å². The summed E-state index contributed by atoms with van der Waals surface area (Å²) in [6.07, 6.45) is 5.07. The summed E-state index contributed by atoms with van der Waals surface area (Å²) in [6, 6.07) is 17.2. The number of nitrogen functional groups attached to an aromatic ring is 1. The second-order valence-corrected chi connectivity index (χ2v) is 8.63. The third-order valence-electron chi connectivity index (χ3n) is 5.65. The molecule has 1 atom stereocenters. The van der Waals surface area contributed by atoms with Crippen molar-refractivity contribution in [1.82, 2.24) is 14.8 Å². The van der Waals surface area contributed by atoms with Crippen LogP contribution in [0.3, 0.4) is 0 Å². The number of ether oxygens (including phenoxy) is 1. The summed E-state index contributed by atoms with van der Waals surface area (Å²) in [4.78, 5) is 17.1. The molecule has 4 rings (SSSR count). The van der Waals surface area contributed by atoms with Gasteiger partial charge in [-0.05, 0) is 54.3 Å². The lowest BCUT2D eigenvalue weighted by Gasteiger charge is -2.18. The minimum atomic E-state index is -0.311. The van der Waals surface area contributed by atoms with Gasteiger partial charge in [-0.25, -0.2) is 4.98 Å². The smallest absolute Gasteiger partial charge is 0.255 e. The lowest BCUT2D eigenvalue weighted by molar-refractivity contribution is 0.102. The number of benzene rings is 2. The molecular formula is C27H29N5O2. The minimum absolute atomic E-state index is 0.147. The number of aromatic nitrogens is 3. The molecule has 0 unspecified atom stereocenters. The summed E-state index contributed by atoms with van der Waals surface area (Å²) >= 11 is 0. The molecule has 34 heavy (non-hydrogen) atoms. The first kappa shape index (κ1) is 23.0. The van der Waals surface area contributed by atoms with E-state index in [1.165, 1.54) is 0 Å². The van der Waals surface area contributed by atoms with Crippen LogP contribution in [0.5, 0.6) is 5.75 Å². The van der Waals surface area contributed by atoms with E-state index in [0.717, 1.165) is 22.3 Å². The number of hydrogen-bond donors (Lipinski definition) is 2. The second kappa shape index (κ2) is 9.79. The molecule has 3 N–H and O–H groups in total. The maximum absolute atomic E-state index is 12.8. The van der Waals surface area contributed by atoms with Crippen LogP contribution in [0.2, 0.25) is 0 Å². The lowest BCUT2D eigenvalue weighted by atomic mass is 10.0. The zero-order chi connectivity index (χ0) is 24.2. The summed E-state index contributed by atoms with van der Waals surface area (Å²) in [7, 11) is 1.86. The van der Waals surface area contributed by atoms with Gasteiger partial charge in [-0.2, -0.15) is 5.10 Å². The third-order valence-corrected chi connectivity index (χ3v) is 5.65. The molecule has 0 saturated heterocycles. The summed E-state index contributed by atoms with van der Waals surface area (Å²) in [5.74, 6) is 1.02. The second-order valence-electron chi connectivity index (χ2n) is 8.63. The molecule has 4 aromatic rings. The Morgan fingerprint density at radius 1 is 1.00 bits per heavy atom. The first-order chi connectivity index (χ1) is 16.3. The fourth-order valence-electron chi connectivity index (χ4n) is 3.65. The number of hydrogen-bond acceptors (Lipinski definition) is 5. The Balaban J connectivity index is 1.50. The van der Waals surface area contributed by atoms with Crippen molar-refractivity contribution in [3.05, 3.63) is 89.9 Å². The SMILES string of the molecule is CC(C)c1cccc(C(=O)Nc2cccc([C@@H](C)Oc3cc(-c4cnn(C)c4)cnc3N)c2)c1. The molecule has 0 fully saturated rings. The Hall–Kier alpha value is -4.13. The summed E-state index contributed by atoms with van der Waals surface area (Å²) in [6.45, 7) is 6.15. The number of carbonyl (C=O) groups excluding carboxylic acids is 1. The van der Waals surface area contributed by atoms with Crippen LogP contribution in [0.4, 0.5) is 11.5 Å². The van der Waals surface area contributed by atoms with Gasteiger partial charge in [0.25, 0.3) is 5.91 Å². The number of nitrogens with two attached hydrogens (primary N) is 1. The van der Waals surface area contributed by atoms with Gasteiger partial charge in [0.2, 0.25) is 0 Å². The number of carbonyl (C=O) groups is 1. The normalized spacial score (nSPS) is 11.9. The monoisotopic (exact) mass is 455 g/mol. The molecule has 2 heterocycles. The van der Waals surface area contributed by atoms with E-state index >= 15 is 0 Å². The van der Waals surface area contributed by atoms with Crippen LogP contribution < -0.4 is 15.8 Å². The van der Waals surface area contributed by atoms with Gasteiger partial charge in [-0.3, -0.25) is 9.48 Å². The Bertz CT molecular complexity index is 1310. The molecule has 0 saturated carbocycles. The highest BCUT2D eigenvalue weighted by Crippen LogP contribution is 2.31. The average molecular weight is 456 g/mol. The van der Waals surface area contributed by atoms with E-state index in [9.17, 15) is 4.79 Å². The molecule has 2 aromatic carbocycles. The topological polar surface area (TPSA) is 95.1 Å². The van der Waals surface area contributed by atoms with Gasteiger partial charge in [0.1, 0.15) is 6.10 Å². The van der Waals surface area contributed by atoms with Gasteiger partial charge in [0.05, 0.1) is 6.20 Å². The van der Waals surface area contributed by atoms with Gasteiger partial charge in [0, 0.05) is 41.8 Å². The van der Waals surface area contributed by atoms with Crippen LogP contribution in [0.25, 0.3) is 11.1 Å². The summed E-state index contributed by atoms with van der Waals surface area (Å²) in [5.41, 5.74) is 11.2. The number of anilines is 2. The quantitative estimate of drug-likeness (QED) is 0.379. The number of rotatable bonds is 7. The van der Waals surface area contributed by atoms with Gasteiger partial charge in [-0.1, -0.05) is 38.1 Å². The first-order valence-electron chi connectivity index (χ1n) is 11.2. The largest absolute Gasteiger partial charge is 0.482 e. The van der Waals surface area contributed by atoms with Gasteiger partial charge < -0.3 is 15.8 Å². The van der Waals surface area contributed by atoms with Crippen molar-refractivity contribution >= 4 is 17.4 Å². The van der Waals surface area contributed by atoms with Gasteiger partial charge >= 0.3 is 0 Å².